The van der Waals surface area contributed by atoms with Crippen molar-refractivity contribution in [1.82, 2.24) is 5.32 Å². The van der Waals surface area contributed by atoms with Crippen molar-refractivity contribution in [3.05, 3.63) is 0 Å². The van der Waals surface area contributed by atoms with E-state index in [0.717, 1.165) is 0 Å². The molecule has 0 heterocycles. The van der Waals surface area contributed by atoms with Crippen molar-refractivity contribution in [3.63, 3.8) is 0 Å². The van der Waals surface area contributed by atoms with Crippen molar-refractivity contribution in [2.24, 2.45) is 11.8 Å². The van der Waals surface area contributed by atoms with E-state index in [0.29, 0.717) is 6.42 Å². The van der Waals surface area contributed by atoms with Crippen LogP contribution in [-0.4, -0.2) is 34.2 Å². The molecule has 0 unspecified atom stereocenters. The Bertz CT molecular complexity index is 250. The molecule has 0 saturated heterocycles. The molecule has 0 fully saturated rings. The Hall–Kier alpha value is -1.10. The fourth-order valence-corrected chi connectivity index (χ4v) is 1.25. The lowest BCUT2D eigenvalue weighted by Gasteiger charge is -2.20. The summed E-state index contributed by atoms with van der Waals surface area (Å²) < 4.78 is 0. The van der Waals surface area contributed by atoms with Gasteiger partial charge in [-0.1, -0.05) is 27.7 Å². The molecule has 0 aliphatic carbocycles. The molecule has 0 aromatic rings. The van der Waals surface area contributed by atoms with Gasteiger partial charge in [0.25, 0.3) is 0 Å². The number of hydrogen-bond donors (Lipinski definition) is 3. The van der Waals surface area contributed by atoms with Crippen molar-refractivity contribution in [2.45, 2.75) is 46.3 Å². The molecule has 5 heteroatoms. The maximum atomic E-state index is 11.5. The summed E-state index contributed by atoms with van der Waals surface area (Å²) in [4.78, 5) is 22.3. The minimum absolute atomic E-state index is 0.164. The molecule has 0 bridgehead atoms. The van der Waals surface area contributed by atoms with Gasteiger partial charge in [-0.15, -0.1) is 0 Å². The molecule has 16 heavy (non-hydrogen) atoms. The van der Waals surface area contributed by atoms with Crippen LogP contribution in [0, 0.1) is 11.8 Å². The molecule has 5 nitrogen and oxygen atoms in total. The molecule has 0 saturated carbocycles. The zero-order valence-corrected chi connectivity index (χ0v) is 10.2. The first-order chi connectivity index (χ1) is 7.25. The van der Waals surface area contributed by atoms with Crippen LogP contribution in [0.3, 0.4) is 0 Å². The lowest BCUT2D eigenvalue weighted by atomic mass is 10.0. The molecule has 0 aliphatic heterocycles. The SMILES string of the molecule is CC(C)C[C@@H](NC(=O)[C@@H](O)C(C)C)C(=O)O. The van der Waals surface area contributed by atoms with Crippen molar-refractivity contribution in [3.8, 4) is 0 Å². The number of carbonyl (C=O) groups is 2. The standard InChI is InChI=1S/C11H21NO4/c1-6(2)5-8(11(15)16)12-10(14)9(13)7(3)4/h6-9,13H,5H2,1-4H3,(H,12,14)(H,15,16)/t8-,9+/m1/s1. The number of carbonyl (C=O) groups excluding carboxylic acids is 1. The Balaban J connectivity index is 4.40. The van der Waals surface area contributed by atoms with E-state index in [-0.39, 0.29) is 11.8 Å². The Morgan fingerprint density at radius 3 is 2.00 bits per heavy atom. The highest BCUT2D eigenvalue weighted by Crippen LogP contribution is 2.07. The maximum absolute atomic E-state index is 11.5. The van der Waals surface area contributed by atoms with Crippen LogP contribution in [0.5, 0.6) is 0 Å². The van der Waals surface area contributed by atoms with Gasteiger partial charge in [0.2, 0.25) is 5.91 Å². The van der Waals surface area contributed by atoms with Crippen LogP contribution in [0.2, 0.25) is 0 Å². The molecule has 0 radical (unpaired) electrons. The predicted octanol–water partition coefficient (Wildman–Crippen LogP) is 0.619. The maximum Gasteiger partial charge on any atom is 0.326 e. The van der Waals surface area contributed by atoms with E-state index in [1.807, 2.05) is 13.8 Å². The van der Waals surface area contributed by atoms with Crippen LogP contribution in [0.1, 0.15) is 34.1 Å². The summed E-state index contributed by atoms with van der Waals surface area (Å²) in [7, 11) is 0. The fourth-order valence-electron chi connectivity index (χ4n) is 1.25. The summed E-state index contributed by atoms with van der Waals surface area (Å²) in [6.07, 6.45) is -0.805. The Morgan fingerprint density at radius 1 is 1.19 bits per heavy atom. The van der Waals surface area contributed by atoms with Crippen LogP contribution in [0.15, 0.2) is 0 Å². The van der Waals surface area contributed by atoms with Gasteiger partial charge < -0.3 is 15.5 Å². The summed E-state index contributed by atoms with van der Waals surface area (Å²) >= 11 is 0. The first-order valence-electron chi connectivity index (χ1n) is 5.47. The number of aliphatic carboxylic acids is 1. The van der Waals surface area contributed by atoms with Crippen LogP contribution in [0.4, 0.5) is 0 Å². The molecule has 0 aromatic heterocycles. The highest BCUT2D eigenvalue weighted by atomic mass is 16.4. The van der Waals surface area contributed by atoms with Crippen molar-refractivity contribution >= 4 is 11.9 Å². The van der Waals surface area contributed by atoms with Gasteiger partial charge in [0, 0.05) is 0 Å². The van der Waals surface area contributed by atoms with Crippen LogP contribution in [0.25, 0.3) is 0 Å². The van der Waals surface area contributed by atoms with Crippen molar-refractivity contribution in [1.29, 1.82) is 0 Å². The predicted molar refractivity (Wildman–Crippen MR) is 59.9 cm³/mol. The second-order valence-electron chi connectivity index (χ2n) is 4.72. The molecule has 0 aromatic carbocycles. The second kappa shape index (κ2) is 6.48. The largest absolute Gasteiger partial charge is 0.480 e. The third kappa shape index (κ3) is 5.11. The molecule has 3 N–H and O–H groups in total. The van der Waals surface area contributed by atoms with E-state index in [1.54, 1.807) is 13.8 Å². The molecule has 94 valence electrons. The minimum Gasteiger partial charge on any atom is -0.480 e. The molecule has 2 atom stereocenters. The first-order valence-corrected chi connectivity index (χ1v) is 5.47. The Labute approximate surface area is 95.9 Å². The summed E-state index contributed by atoms with van der Waals surface area (Å²) in [6.45, 7) is 7.15. The highest BCUT2D eigenvalue weighted by Gasteiger charge is 2.25. The van der Waals surface area contributed by atoms with Gasteiger partial charge in [-0.3, -0.25) is 4.79 Å². The number of amides is 1. The Morgan fingerprint density at radius 2 is 1.69 bits per heavy atom. The summed E-state index contributed by atoms with van der Waals surface area (Å²) in [5.41, 5.74) is 0. The lowest BCUT2D eigenvalue weighted by Crippen LogP contribution is -2.47. The number of rotatable bonds is 6. The van der Waals surface area contributed by atoms with E-state index in [9.17, 15) is 14.7 Å². The van der Waals surface area contributed by atoms with E-state index < -0.39 is 24.0 Å². The van der Waals surface area contributed by atoms with Gasteiger partial charge in [-0.25, -0.2) is 4.79 Å². The molecule has 0 rings (SSSR count). The van der Waals surface area contributed by atoms with Crippen LogP contribution in [-0.2, 0) is 9.59 Å². The lowest BCUT2D eigenvalue weighted by molar-refractivity contribution is -0.144. The van der Waals surface area contributed by atoms with Gasteiger partial charge >= 0.3 is 5.97 Å². The van der Waals surface area contributed by atoms with Gasteiger partial charge in [-0.2, -0.15) is 0 Å². The van der Waals surface area contributed by atoms with Crippen LogP contribution < -0.4 is 5.32 Å². The average Bonchev–Trinajstić information content (AvgIpc) is 2.14. The Kier molecular flexibility index (Phi) is 6.03. The summed E-state index contributed by atoms with van der Waals surface area (Å²) in [5.74, 6) is -1.76. The van der Waals surface area contributed by atoms with E-state index in [1.165, 1.54) is 0 Å². The number of aliphatic hydroxyl groups excluding tert-OH is 1. The zero-order chi connectivity index (χ0) is 12.9. The van der Waals surface area contributed by atoms with Gasteiger partial charge in [0.05, 0.1) is 0 Å². The average molecular weight is 231 g/mol. The first kappa shape index (κ1) is 14.9. The number of nitrogens with one attached hydrogen (secondary N) is 1. The smallest absolute Gasteiger partial charge is 0.326 e. The van der Waals surface area contributed by atoms with Crippen LogP contribution >= 0.6 is 0 Å². The molecule has 0 spiro atoms. The van der Waals surface area contributed by atoms with Gasteiger partial charge in [0.1, 0.15) is 12.1 Å². The topological polar surface area (TPSA) is 86.6 Å². The molecule has 0 aliphatic rings. The van der Waals surface area contributed by atoms with E-state index >= 15 is 0 Å². The summed E-state index contributed by atoms with van der Waals surface area (Å²) in [5, 5.41) is 20.7. The number of carboxylic acid groups (broad SMARTS) is 1. The van der Waals surface area contributed by atoms with E-state index in [4.69, 9.17) is 5.11 Å². The zero-order valence-electron chi connectivity index (χ0n) is 10.2. The third-order valence-electron chi connectivity index (χ3n) is 2.22. The molecule has 1 amide bonds. The number of hydrogen-bond acceptors (Lipinski definition) is 3. The minimum atomic E-state index is -1.16. The quantitative estimate of drug-likeness (QED) is 0.625. The second-order valence-corrected chi connectivity index (χ2v) is 4.72. The van der Waals surface area contributed by atoms with Crippen molar-refractivity contribution in [2.75, 3.05) is 0 Å². The monoisotopic (exact) mass is 231 g/mol. The summed E-state index contributed by atoms with van der Waals surface area (Å²) in [6, 6.07) is -0.930. The van der Waals surface area contributed by atoms with Gasteiger partial charge in [-0.05, 0) is 18.3 Å². The fraction of sp³-hybridized carbons (Fsp3) is 0.818. The number of aliphatic hydroxyl groups is 1. The third-order valence-corrected chi connectivity index (χ3v) is 2.22. The van der Waals surface area contributed by atoms with Gasteiger partial charge in [0.15, 0.2) is 0 Å². The van der Waals surface area contributed by atoms with E-state index in [2.05, 4.69) is 5.32 Å². The molecular weight excluding hydrogens is 210 g/mol. The van der Waals surface area contributed by atoms with Crippen molar-refractivity contribution < 1.29 is 19.8 Å². The number of carboxylic acids is 1. The highest BCUT2D eigenvalue weighted by molar-refractivity contribution is 5.86. The normalized spacial score (nSPS) is 14.9. The molecular formula is C11H21NO4.